The summed E-state index contributed by atoms with van der Waals surface area (Å²) in [6, 6.07) is 12.2. The zero-order valence-electron chi connectivity index (χ0n) is 15.3. The largest absolute Gasteiger partial charge is 0.504 e. The maximum absolute atomic E-state index is 12.5. The molecule has 1 aromatic heterocycles. The summed E-state index contributed by atoms with van der Waals surface area (Å²) in [6.07, 6.45) is 0. The highest BCUT2D eigenvalue weighted by molar-refractivity contribution is 6.04. The van der Waals surface area contributed by atoms with E-state index in [-0.39, 0.29) is 23.8 Å². The van der Waals surface area contributed by atoms with Crippen LogP contribution in [0.1, 0.15) is 33.5 Å². The monoisotopic (exact) mass is 381 g/mol. The SMILES string of the molecule is CCOC(=O)c1cc(C)nn1-c1cccc(C(=O)Nc2ccc(O)c(O)c2)c1. The molecule has 1 heterocycles. The summed E-state index contributed by atoms with van der Waals surface area (Å²) in [7, 11) is 0. The van der Waals surface area contributed by atoms with Crippen LogP contribution in [0.3, 0.4) is 0 Å². The Balaban J connectivity index is 1.89. The van der Waals surface area contributed by atoms with Crippen LogP contribution in [0.15, 0.2) is 48.5 Å². The van der Waals surface area contributed by atoms with Gasteiger partial charge in [-0.25, -0.2) is 9.48 Å². The normalized spacial score (nSPS) is 10.5. The van der Waals surface area contributed by atoms with Crippen molar-refractivity contribution in [2.75, 3.05) is 11.9 Å². The third kappa shape index (κ3) is 3.96. The van der Waals surface area contributed by atoms with E-state index in [9.17, 15) is 19.8 Å². The number of rotatable bonds is 5. The van der Waals surface area contributed by atoms with Crippen molar-refractivity contribution in [2.24, 2.45) is 0 Å². The molecule has 0 saturated carbocycles. The first-order valence-corrected chi connectivity index (χ1v) is 8.56. The van der Waals surface area contributed by atoms with Gasteiger partial charge in [-0.1, -0.05) is 6.07 Å². The van der Waals surface area contributed by atoms with Crippen molar-refractivity contribution < 1.29 is 24.5 Å². The molecule has 8 nitrogen and oxygen atoms in total. The van der Waals surface area contributed by atoms with Gasteiger partial charge < -0.3 is 20.3 Å². The molecule has 144 valence electrons. The number of esters is 1. The number of ether oxygens (including phenoxy) is 1. The second kappa shape index (κ2) is 7.83. The van der Waals surface area contributed by atoms with E-state index in [0.29, 0.717) is 22.6 Å². The van der Waals surface area contributed by atoms with E-state index in [2.05, 4.69) is 10.4 Å². The topological polar surface area (TPSA) is 114 Å². The first-order valence-electron chi connectivity index (χ1n) is 8.56. The molecule has 2 aromatic carbocycles. The number of aromatic nitrogens is 2. The molecule has 0 atom stereocenters. The standard InChI is InChI=1S/C20H19N3O5/c1-3-28-20(27)16-9-12(2)22-23(16)15-6-4-5-13(10-15)19(26)21-14-7-8-17(24)18(25)11-14/h4-11,24-25H,3H2,1-2H3,(H,21,26). The van der Waals surface area contributed by atoms with Gasteiger partial charge in [0.25, 0.3) is 5.91 Å². The summed E-state index contributed by atoms with van der Waals surface area (Å²) in [6.45, 7) is 3.72. The second-order valence-electron chi connectivity index (χ2n) is 6.01. The Morgan fingerprint density at radius 1 is 1.11 bits per heavy atom. The minimum atomic E-state index is -0.502. The molecule has 0 aliphatic heterocycles. The lowest BCUT2D eigenvalue weighted by Gasteiger charge is -2.10. The lowest BCUT2D eigenvalue weighted by atomic mass is 10.1. The smallest absolute Gasteiger partial charge is 0.357 e. The molecule has 0 saturated heterocycles. The van der Waals surface area contributed by atoms with Crippen LogP contribution in [0.5, 0.6) is 11.5 Å². The number of nitrogens with one attached hydrogen (secondary N) is 1. The number of phenols is 2. The summed E-state index contributed by atoms with van der Waals surface area (Å²) in [4.78, 5) is 24.7. The number of hydrogen-bond acceptors (Lipinski definition) is 6. The van der Waals surface area contributed by atoms with Gasteiger partial charge in [0.15, 0.2) is 17.2 Å². The summed E-state index contributed by atoms with van der Waals surface area (Å²) >= 11 is 0. The molecular weight excluding hydrogens is 362 g/mol. The van der Waals surface area contributed by atoms with Crippen molar-refractivity contribution >= 4 is 17.6 Å². The van der Waals surface area contributed by atoms with Crippen LogP contribution in [0.2, 0.25) is 0 Å². The summed E-state index contributed by atoms with van der Waals surface area (Å²) in [5.41, 5.74) is 2.08. The third-order valence-electron chi connectivity index (χ3n) is 3.90. The number of aromatic hydroxyl groups is 2. The Morgan fingerprint density at radius 2 is 1.89 bits per heavy atom. The first kappa shape index (κ1) is 19.0. The molecule has 1 amide bonds. The van der Waals surface area contributed by atoms with Gasteiger partial charge in [-0.2, -0.15) is 5.10 Å². The van der Waals surface area contributed by atoms with Crippen molar-refractivity contribution in [3.63, 3.8) is 0 Å². The van der Waals surface area contributed by atoms with Crippen molar-refractivity contribution in [1.82, 2.24) is 9.78 Å². The minimum absolute atomic E-state index is 0.241. The van der Waals surface area contributed by atoms with Gasteiger partial charge in [-0.05, 0) is 50.2 Å². The van der Waals surface area contributed by atoms with E-state index in [1.54, 1.807) is 44.2 Å². The highest BCUT2D eigenvalue weighted by Gasteiger charge is 2.17. The van der Waals surface area contributed by atoms with Gasteiger partial charge in [0, 0.05) is 17.3 Å². The van der Waals surface area contributed by atoms with Gasteiger partial charge >= 0.3 is 5.97 Å². The van der Waals surface area contributed by atoms with Crippen LogP contribution in [-0.4, -0.2) is 38.5 Å². The van der Waals surface area contributed by atoms with Crippen LogP contribution in [0.25, 0.3) is 5.69 Å². The van der Waals surface area contributed by atoms with Gasteiger partial charge in [0.2, 0.25) is 0 Å². The van der Waals surface area contributed by atoms with E-state index in [0.717, 1.165) is 0 Å². The van der Waals surface area contributed by atoms with Crippen LogP contribution >= 0.6 is 0 Å². The number of hydrogen-bond donors (Lipinski definition) is 3. The highest BCUT2D eigenvalue weighted by atomic mass is 16.5. The average molecular weight is 381 g/mol. The Morgan fingerprint density at radius 3 is 2.61 bits per heavy atom. The van der Waals surface area contributed by atoms with E-state index in [4.69, 9.17) is 4.74 Å². The Hall–Kier alpha value is -3.81. The number of nitrogens with zero attached hydrogens (tertiary/aromatic N) is 2. The van der Waals surface area contributed by atoms with E-state index >= 15 is 0 Å². The van der Waals surface area contributed by atoms with Crippen molar-refractivity contribution in [2.45, 2.75) is 13.8 Å². The Bertz CT molecular complexity index is 1040. The molecular formula is C20H19N3O5. The van der Waals surface area contributed by atoms with E-state index in [1.165, 1.54) is 22.9 Å². The Kier molecular flexibility index (Phi) is 5.30. The van der Waals surface area contributed by atoms with Gasteiger partial charge in [-0.3, -0.25) is 4.79 Å². The quantitative estimate of drug-likeness (QED) is 0.356. The molecule has 0 bridgehead atoms. The Labute approximate surface area is 161 Å². The fraction of sp³-hybridized carbons (Fsp3) is 0.150. The van der Waals surface area contributed by atoms with Crippen LogP contribution in [-0.2, 0) is 4.74 Å². The van der Waals surface area contributed by atoms with Crippen molar-refractivity contribution in [3.05, 3.63) is 65.5 Å². The zero-order valence-corrected chi connectivity index (χ0v) is 15.3. The molecule has 0 radical (unpaired) electrons. The van der Waals surface area contributed by atoms with Gasteiger partial charge in [0.05, 0.1) is 18.0 Å². The number of phenolic OH excluding ortho intramolecular Hbond substituents is 2. The number of carbonyl (C=O) groups excluding carboxylic acids is 2. The van der Waals surface area contributed by atoms with E-state index < -0.39 is 11.9 Å². The predicted molar refractivity (Wildman–Crippen MR) is 102 cm³/mol. The number of carbonyl (C=O) groups is 2. The zero-order chi connectivity index (χ0) is 20.3. The lowest BCUT2D eigenvalue weighted by molar-refractivity contribution is 0.0515. The fourth-order valence-corrected chi connectivity index (χ4v) is 2.63. The summed E-state index contributed by atoms with van der Waals surface area (Å²) in [5, 5.41) is 25.9. The van der Waals surface area contributed by atoms with Crippen molar-refractivity contribution in [3.8, 4) is 17.2 Å². The second-order valence-corrected chi connectivity index (χ2v) is 6.01. The molecule has 0 unspecified atom stereocenters. The predicted octanol–water partition coefficient (Wildman–Crippen LogP) is 3.02. The highest BCUT2D eigenvalue weighted by Crippen LogP contribution is 2.27. The number of aryl methyl sites for hydroxylation is 1. The van der Waals surface area contributed by atoms with Gasteiger partial charge in [-0.15, -0.1) is 0 Å². The molecule has 3 rings (SSSR count). The third-order valence-corrected chi connectivity index (χ3v) is 3.90. The maximum Gasteiger partial charge on any atom is 0.357 e. The fourth-order valence-electron chi connectivity index (χ4n) is 2.63. The first-order chi connectivity index (χ1) is 13.4. The van der Waals surface area contributed by atoms with Crippen molar-refractivity contribution in [1.29, 1.82) is 0 Å². The molecule has 0 spiro atoms. The minimum Gasteiger partial charge on any atom is -0.504 e. The molecule has 8 heteroatoms. The number of benzene rings is 2. The molecule has 3 aromatic rings. The molecule has 3 N–H and O–H groups in total. The molecule has 0 aliphatic rings. The average Bonchev–Trinajstić information content (AvgIpc) is 3.07. The summed E-state index contributed by atoms with van der Waals surface area (Å²) in [5.74, 6) is -1.54. The molecule has 0 aliphatic carbocycles. The number of anilines is 1. The number of amides is 1. The van der Waals surface area contributed by atoms with Crippen LogP contribution < -0.4 is 5.32 Å². The van der Waals surface area contributed by atoms with Crippen LogP contribution in [0.4, 0.5) is 5.69 Å². The van der Waals surface area contributed by atoms with E-state index in [1.807, 2.05) is 0 Å². The lowest BCUT2D eigenvalue weighted by Crippen LogP contribution is -2.14. The maximum atomic E-state index is 12.5. The molecule has 28 heavy (non-hydrogen) atoms. The van der Waals surface area contributed by atoms with Crippen LogP contribution in [0, 0.1) is 6.92 Å². The molecule has 0 fully saturated rings. The summed E-state index contributed by atoms with van der Waals surface area (Å²) < 4.78 is 6.48. The van der Waals surface area contributed by atoms with Gasteiger partial charge in [0.1, 0.15) is 0 Å².